The Balaban J connectivity index is 2.01. The number of benzene rings is 2. The van der Waals surface area contributed by atoms with Crippen LogP contribution in [0.25, 0.3) is 0 Å². The lowest BCUT2D eigenvalue weighted by atomic mass is 10.1. The maximum Gasteiger partial charge on any atom is 0.243 e. The van der Waals surface area contributed by atoms with Crippen LogP contribution in [0.5, 0.6) is 11.5 Å². The molecule has 2 N–H and O–H groups in total. The van der Waals surface area contributed by atoms with Gasteiger partial charge in [0, 0.05) is 25.8 Å². The zero-order chi connectivity index (χ0) is 19.8. The highest BCUT2D eigenvalue weighted by molar-refractivity contribution is 5.95. The van der Waals surface area contributed by atoms with Crippen molar-refractivity contribution in [2.24, 2.45) is 0 Å². The van der Waals surface area contributed by atoms with Crippen LogP contribution in [0.2, 0.25) is 0 Å². The van der Waals surface area contributed by atoms with Crippen LogP contribution in [-0.4, -0.2) is 51.6 Å². The third-order valence-corrected chi connectivity index (χ3v) is 3.98. The van der Waals surface area contributed by atoms with E-state index >= 15 is 0 Å². The van der Waals surface area contributed by atoms with Crippen molar-refractivity contribution in [2.45, 2.75) is 6.42 Å². The highest BCUT2D eigenvalue weighted by atomic mass is 16.5. The van der Waals surface area contributed by atoms with Gasteiger partial charge in [-0.3, -0.25) is 9.59 Å². The average Bonchev–Trinajstić information content (AvgIpc) is 2.67. The number of hydrogen-bond donors (Lipinski definition) is 2. The van der Waals surface area contributed by atoms with Gasteiger partial charge in [-0.25, -0.2) is 0 Å². The molecule has 0 radical (unpaired) electrons. The van der Waals surface area contributed by atoms with Crippen molar-refractivity contribution in [3.8, 4) is 11.5 Å². The first kappa shape index (κ1) is 20.1. The highest BCUT2D eigenvalue weighted by Gasteiger charge is 2.12. The Labute approximate surface area is 159 Å². The van der Waals surface area contributed by atoms with Crippen LogP contribution < -0.4 is 20.1 Å². The van der Waals surface area contributed by atoms with E-state index in [0.717, 1.165) is 11.3 Å². The van der Waals surface area contributed by atoms with Gasteiger partial charge in [0.25, 0.3) is 0 Å². The molecule has 0 atom stereocenters. The van der Waals surface area contributed by atoms with Gasteiger partial charge in [-0.15, -0.1) is 0 Å². The molecule has 0 aliphatic heterocycles. The Bertz CT molecular complexity index is 806. The maximum atomic E-state index is 12.3. The molecule has 0 heterocycles. The van der Waals surface area contributed by atoms with Gasteiger partial charge in [0.2, 0.25) is 11.8 Å². The van der Waals surface area contributed by atoms with Gasteiger partial charge in [-0.2, -0.15) is 0 Å². The second-order valence-electron chi connectivity index (χ2n) is 6.09. The smallest absolute Gasteiger partial charge is 0.243 e. The summed E-state index contributed by atoms with van der Waals surface area (Å²) in [5, 5.41) is 5.89. The first-order valence-corrected chi connectivity index (χ1v) is 8.48. The molecule has 0 unspecified atom stereocenters. The number of likely N-dealkylation sites (N-methyl/N-ethyl adjacent to an activating group) is 1. The average molecular weight is 371 g/mol. The monoisotopic (exact) mass is 371 g/mol. The number of carbonyl (C=O) groups is 2. The molecule has 0 fully saturated rings. The summed E-state index contributed by atoms with van der Waals surface area (Å²) in [6, 6.07) is 12.6. The molecular formula is C20H25N3O4. The van der Waals surface area contributed by atoms with Crippen molar-refractivity contribution in [2.75, 3.05) is 45.5 Å². The van der Waals surface area contributed by atoms with E-state index < -0.39 is 0 Å². The van der Waals surface area contributed by atoms with Gasteiger partial charge in [-0.05, 0) is 23.8 Å². The Hall–Kier alpha value is -3.22. The third-order valence-electron chi connectivity index (χ3n) is 3.98. The Kier molecular flexibility index (Phi) is 7.05. The molecule has 0 saturated carbocycles. The number of ether oxygens (including phenoxy) is 2. The third kappa shape index (κ3) is 5.64. The number of anilines is 2. The number of methoxy groups -OCH3 is 2. The van der Waals surface area contributed by atoms with Gasteiger partial charge >= 0.3 is 0 Å². The normalized spacial score (nSPS) is 10.1. The lowest BCUT2D eigenvalue weighted by Crippen LogP contribution is -2.25. The van der Waals surface area contributed by atoms with Crippen LogP contribution in [0.4, 0.5) is 11.4 Å². The first-order chi connectivity index (χ1) is 12.9. The summed E-state index contributed by atoms with van der Waals surface area (Å²) in [7, 11) is 6.53. The van der Waals surface area contributed by atoms with Crippen molar-refractivity contribution < 1.29 is 19.1 Å². The second-order valence-corrected chi connectivity index (χ2v) is 6.09. The SMILES string of the molecule is COc1ccc(NC(=O)CNc2ccccc2CC(=O)N(C)C)c(OC)c1. The van der Waals surface area contributed by atoms with Crippen LogP contribution in [0.3, 0.4) is 0 Å². The molecule has 2 rings (SSSR count). The van der Waals surface area contributed by atoms with Crippen LogP contribution in [0, 0.1) is 0 Å². The standard InChI is InChI=1S/C20H25N3O4/c1-23(2)20(25)11-14-7-5-6-8-16(14)21-13-19(24)22-17-10-9-15(26-3)12-18(17)27-4/h5-10,12,21H,11,13H2,1-4H3,(H,22,24). The number of hydrogen-bond acceptors (Lipinski definition) is 5. The van der Waals surface area contributed by atoms with E-state index in [4.69, 9.17) is 9.47 Å². The molecule has 0 aliphatic carbocycles. The molecule has 27 heavy (non-hydrogen) atoms. The number of para-hydroxylation sites is 1. The lowest BCUT2D eigenvalue weighted by Gasteiger charge is -2.15. The lowest BCUT2D eigenvalue weighted by molar-refractivity contribution is -0.127. The van der Waals surface area contributed by atoms with Crippen LogP contribution in [0.15, 0.2) is 42.5 Å². The molecule has 0 spiro atoms. The molecule has 0 bridgehead atoms. The van der Waals surface area contributed by atoms with E-state index in [0.29, 0.717) is 17.2 Å². The summed E-state index contributed by atoms with van der Waals surface area (Å²) in [4.78, 5) is 25.8. The van der Waals surface area contributed by atoms with Gasteiger partial charge < -0.3 is 25.0 Å². The molecule has 0 aromatic heterocycles. The fraction of sp³-hybridized carbons (Fsp3) is 0.300. The number of nitrogens with one attached hydrogen (secondary N) is 2. The van der Waals surface area contributed by atoms with Gasteiger partial charge in [-0.1, -0.05) is 18.2 Å². The van der Waals surface area contributed by atoms with Crippen molar-refractivity contribution in [3.63, 3.8) is 0 Å². The molecule has 0 saturated heterocycles. The molecule has 2 aromatic rings. The minimum Gasteiger partial charge on any atom is -0.497 e. The Morgan fingerprint density at radius 1 is 1.00 bits per heavy atom. The predicted octanol–water partition coefficient (Wildman–Crippen LogP) is 2.39. The van der Waals surface area contributed by atoms with Gasteiger partial charge in [0.05, 0.1) is 32.9 Å². The molecular weight excluding hydrogens is 346 g/mol. The van der Waals surface area contributed by atoms with E-state index in [2.05, 4.69) is 10.6 Å². The number of nitrogens with zero attached hydrogens (tertiary/aromatic N) is 1. The second kappa shape index (κ2) is 9.47. The summed E-state index contributed by atoms with van der Waals surface area (Å²) in [6.45, 7) is 0.0579. The first-order valence-electron chi connectivity index (χ1n) is 8.48. The largest absolute Gasteiger partial charge is 0.497 e. The summed E-state index contributed by atoms with van der Waals surface area (Å²) in [6.07, 6.45) is 0.268. The number of rotatable bonds is 8. The molecule has 144 valence electrons. The topological polar surface area (TPSA) is 79.9 Å². The van der Waals surface area contributed by atoms with E-state index in [9.17, 15) is 9.59 Å². The predicted molar refractivity (Wildman–Crippen MR) is 106 cm³/mol. The molecule has 2 amide bonds. The van der Waals surface area contributed by atoms with Crippen LogP contribution in [-0.2, 0) is 16.0 Å². The Morgan fingerprint density at radius 3 is 2.41 bits per heavy atom. The van der Waals surface area contributed by atoms with Crippen LogP contribution in [0.1, 0.15) is 5.56 Å². The number of carbonyl (C=O) groups excluding carboxylic acids is 2. The zero-order valence-electron chi connectivity index (χ0n) is 16.0. The van der Waals surface area contributed by atoms with Gasteiger partial charge in [0.15, 0.2) is 0 Å². The molecule has 7 heteroatoms. The van der Waals surface area contributed by atoms with E-state index in [1.807, 2.05) is 24.3 Å². The van der Waals surface area contributed by atoms with Crippen molar-refractivity contribution >= 4 is 23.2 Å². The maximum absolute atomic E-state index is 12.3. The minimum absolute atomic E-state index is 0.00308. The molecule has 0 aliphatic rings. The van der Waals surface area contributed by atoms with E-state index in [1.165, 1.54) is 7.11 Å². The fourth-order valence-corrected chi connectivity index (χ4v) is 2.44. The van der Waals surface area contributed by atoms with Crippen LogP contribution >= 0.6 is 0 Å². The highest BCUT2D eigenvalue weighted by Crippen LogP contribution is 2.29. The Morgan fingerprint density at radius 2 is 1.74 bits per heavy atom. The fourth-order valence-electron chi connectivity index (χ4n) is 2.44. The summed E-state index contributed by atoms with van der Waals surface area (Å²) in [5.74, 6) is 0.922. The molecule has 2 aromatic carbocycles. The summed E-state index contributed by atoms with van der Waals surface area (Å²) in [5.41, 5.74) is 2.15. The zero-order valence-corrected chi connectivity index (χ0v) is 16.0. The summed E-state index contributed by atoms with van der Waals surface area (Å²) < 4.78 is 10.4. The molecule has 7 nitrogen and oxygen atoms in total. The van der Waals surface area contributed by atoms with Crippen molar-refractivity contribution in [1.82, 2.24) is 4.90 Å². The number of amides is 2. The van der Waals surface area contributed by atoms with E-state index in [-0.39, 0.29) is 24.8 Å². The van der Waals surface area contributed by atoms with Crippen molar-refractivity contribution in [3.05, 3.63) is 48.0 Å². The van der Waals surface area contributed by atoms with Crippen molar-refractivity contribution in [1.29, 1.82) is 0 Å². The quantitative estimate of drug-likeness (QED) is 0.745. The van der Waals surface area contributed by atoms with Gasteiger partial charge in [0.1, 0.15) is 11.5 Å². The minimum atomic E-state index is -0.229. The summed E-state index contributed by atoms with van der Waals surface area (Å²) >= 11 is 0. The van der Waals surface area contributed by atoms with E-state index in [1.54, 1.807) is 44.3 Å².